The maximum atomic E-state index is 13.0. The van der Waals surface area contributed by atoms with Gasteiger partial charge in [-0.05, 0) is 84.2 Å². The fraction of sp³-hybridized carbons (Fsp3) is 0.538. The van der Waals surface area contributed by atoms with E-state index in [1.54, 1.807) is 6.07 Å². The summed E-state index contributed by atoms with van der Waals surface area (Å²) in [6.07, 6.45) is 4.46. The van der Waals surface area contributed by atoms with Crippen LogP contribution in [0.25, 0.3) is 0 Å². The summed E-state index contributed by atoms with van der Waals surface area (Å²) in [4.78, 5) is 30.3. The zero-order valence-corrected chi connectivity index (χ0v) is 21.3. The maximum absolute atomic E-state index is 13.0. The number of hydrogen-bond donors (Lipinski definition) is 2. The minimum Gasteiger partial charge on any atom is -0.485 e. The number of aryl methyl sites for hydroxylation is 2. The first-order chi connectivity index (χ1) is 16.2. The average Bonchev–Trinajstić information content (AvgIpc) is 2.80. The third-order valence-electron chi connectivity index (χ3n) is 7.26. The van der Waals surface area contributed by atoms with Crippen LogP contribution in [0.1, 0.15) is 58.4 Å². The van der Waals surface area contributed by atoms with Crippen LogP contribution >= 0.6 is 11.6 Å². The molecule has 1 aliphatic carbocycles. The molecule has 0 radical (unpaired) electrons. The van der Waals surface area contributed by atoms with Crippen molar-refractivity contribution < 1.29 is 14.3 Å². The third-order valence-corrected chi connectivity index (χ3v) is 7.54. The zero-order valence-electron chi connectivity index (χ0n) is 20.6. The molecule has 0 bridgehead atoms. The number of nitrogens with one attached hydrogen (secondary N) is 2. The Balaban J connectivity index is 1.47. The Morgan fingerprint density at radius 2 is 1.85 bits per heavy atom. The lowest BCUT2D eigenvalue weighted by Gasteiger charge is -2.38. The van der Waals surface area contributed by atoms with Gasteiger partial charge in [-0.2, -0.15) is 0 Å². The highest BCUT2D eigenvalue weighted by atomic mass is 35.5. The van der Waals surface area contributed by atoms with Crippen molar-refractivity contribution in [3.63, 3.8) is 0 Å². The molecule has 1 saturated carbocycles. The zero-order chi connectivity index (χ0) is 24.6. The first-order valence-electron chi connectivity index (χ1n) is 11.9. The number of aromatic amines is 1. The maximum Gasteiger partial charge on any atom is 0.253 e. The summed E-state index contributed by atoms with van der Waals surface area (Å²) in [5.41, 5.74) is 3.06. The second-order valence-electron chi connectivity index (χ2n) is 9.81. The average molecular weight is 488 g/mol. The number of pyridine rings is 1. The van der Waals surface area contributed by atoms with Crippen molar-refractivity contribution in [3.8, 4) is 11.5 Å². The van der Waals surface area contributed by atoms with Gasteiger partial charge in [-0.1, -0.05) is 11.6 Å². The van der Waals surface area contributed by atoms with Gasteiger partial charge in [-0.15, -0.1) is 0 Å². The second-order valence-corrected chi connectivity index (χ2v) is 10.2. The number of H-pyrrole nitrogens is 1. The SMILES string of the molecule is Cc1cc(C)c(CNC(=O)c2cc(Cl)c3c(c2C)OC[C@H](C2CCC(N(C)C)CC2)O3)c(=O)[nH]1. The van der Waals surface area contributed by atoms with Crippen LogP contribution in [0, 0.1) is 26.7 Å². The first kappa shape index (κ1) is 24.6. The Kier molecular flexibility index (Phi) is 7.24. The molecule has 8 heteroatoms. The van der Waals surface area contributed by atoms with E-state index in [-0.39, 0.29) is 24.1 Å². The van der Waals surface area contributed by atoms with Gasteiger partial charge in [0.25, 0.3) is 11.5 Å². The molecule has 0 spiro atoms. The normalized spacial score (nSPS) is 22.0. The van der Waals surface area contributed by atoms with E-state index in [1.807, 2.05) is 26.8 Å². The summed E-state index contributed by atoms with van der Waals surface area (Å²) in [5.74, 6) is 1.17. The Hall–Kier alpha value is -2.51. The van der Waals surface area contributed by atoms with Crippen molar-refractivity contribution in [2.75, 3.05) is 20.7 Å². The molecule has 2 aromatic rings. The van der Waals surface area contributed by atoms with Gasteiger partial charge in [0.1, 0.15) is 12.7 Å². The molecule has 2 heterocycles. The number of aromatic nitrogens is 1. The van der Waals surface area contributed by atoms with Crippen LogP contribution in [0.4, 0.5) is 0 Å². The lowest BCUT2D eigenvalue weighted by molar-refractivity contribution is 0.0242. The number of nitrogens with zero attached hydrogens (tertiary/aromatic N) is 1. The molecule has 0 saturated heterocycles. The minimum atomic E-state index is -0.311. The van der Waals surface area contributed by atoms with Crippen LogP contribution in [0.5, 0.6) is 11.5 Å². The highest BCUT2D eigenvalue weighted by Gasteiger charge is 2.35. The number of ether oxygens (including phenoxy) is 2. The number of fused-ring (bicyclic) bond motifs is 1. The van der Waals surface area contributed by atoms with E-state index >= 15 is 0 Å². The summed E-state index contributed by atoms with van der Waals surface area (Å²) in [6, 6.07) is 4.14. The summed E-state index contributed by atoms with van der Waals surface area (Å²) >= 11 is 6.57. The monoisotopic (exact) mass is 487 g/mol. The molecule has 1 aromatic heterocycles. The number of benzene rings is 1. The summed E-state index contributed by atoms with van der Waals surface area (Å²) in [7, 11) is 4.27. The highest BCUT2D eigenvalue weighted by molar-refractivity contribution is 6.32. The van der Waals surface area contributed by atoms with Gasteiger partial charge < -0.3 is 24.7 Å². The predicted octanol–water partition coefficient (Wildman–Crippen LogP) is 4.14. The molecule has 184 valence electrons. The quantitative estimate of drug-likeness (QED) is 0.662. The standard InChI is InChI=1S/C26H34ClN3O4/c1-14-10-15(2)29-26(32)20(14)12-28-25(31)19-11-21(27)24-23(16(19)3)33-13-22(34-24)17-6-8-18(9-7-17)30(4)5/h10-11,17-18,22H,6-9,12-13H2,1-5H3,(H,28,31)(H,29,32)/t17?,18?,22-/m1/s1. The summed E-state index contributed by atoms with van der Waals surface area (Å²) in [6.45, 7) is 6.10. The number of rotatable bonds is 5. The molecular formula is C26H34ClN3O4. The molecule has 1 amide bonds. The number of halogens is 1. The van der Waals surface area contributed by atoms with Crippen molar-refractivity contribution in [1.29, 1.82) is 0 Å². The molecule has 0 unspecified atom stereocenters. The van der Waals surface area contributed by atoms with Gasteiger partial charge in [-0.25, -0.2) is 0 Å². The molecule has 34 heavy (non-hydrogen) atoms. The van der Waals surface area contributed by atoms with E-state index < -0.39 is 0 Å². The van der Waals surface area contributed by atoms with Crippen molar-refractivity contribution in [3.05, 3.63) is 55.5 Å². The molecule has 1 aliphatic heterocycles. The van der Waals surface area contributed by atoms with Crippen LogP contribution in [-0.2, 0) is 6.54 Å². The second kappa shape index (κ2) is 10.0. The van der Waals surface area contributed by atoms with Gasteiger partial charge in [0.15, 0.2) is 11.5 Å². The molecule has 1 aromatic carbocycles. The van der Waals surface area contributed by atoms with Gasteiger partial charge in [-0.3, -0.25) is 9.59 Å². The molecule has 1 fully saturated rings. The number of carbonyl (C=O) groups is 1. The van der Waals surface area contributed by atoms with E-state index in [9.17, 15) is 9.59 Å². The van der Waals surface area contributed by atoms with E-state index in [2.05, 4.69) is 29.3 Å². The number of carbonyl (C=O) groups excluding carboxylic acids is 1. The van der Waals surface area contributed by atoms with Crippen LogP contribution in [0.2, 0.25) is 5.02 Å². The van der Waals surface area contributed by atoms with E-state index in [1.165, 1.54) is 0 Å². The summed E-state index contributed by atoms with van der Waals surface area (Å²) in [5, 5.41) is 3.21. The van der Waals surface area contributed by atoms with Crippen LogP contribution in [0.15, 0.2) is 16.9 Å². The first-order valence-corrected chi connectivity index (χ1v) is 12.3. The molecule has 2 N–H and O–H groups in total. The number of amides is 1. The lowest BCUT2D eigenvalue weighted by Crippen LogP contribution is -2.41. The van der Waals surface area contributed by atoms with E-state index in [4.69, 9.17) is 21.1 Å². The topological polar surface area (TPSA) is 83.7 Å². The Morgan fingerprint density at radius 3 is 2.50 bits per heavy atom. The van der Waals surface area contributed by atoms with Gasteiger partial charge >= 0.3 is 0 Å². The lowest BCUT2D eigenvalue weighted by atomic mass is 9.82. The third kappa shape index (κ3) is 4.96. The molecule has 1 atom stereocenters. The molecule has 7 nitrogen and oxygen atoms in total. The molecular weight excluding hydrogens is 454 g/mol. The summed E-state index contributed by atoms with van der Waals surface area (Å²) < 4.78 is 12.5. The van der Waals surface area contributed by atoms with E-state index in [0.29, 0.717) is 51.8 Å². The van der Waals surface area contributed by atoms with Gasteiger partial charge in [0.05, 0.1) is 5.02 Å². The predicted molar refractivity (Wildman–Crippen MR) is 133 cm³/mol. The molecule has 4 rings (SSSR count). The van der Waals surface area contributed by atoms with Crippen LogP contribution in [-0.4, -0.2) is 48.6 Å². The van der Waals surface area contributed by atoms with Crippen molar-refractivity contribution in [2.24, 2.45) is 5.92 Å². The van der Waals surface area contributed by atoms with E-state index in [0.717, 1.165) is 36.9 Å². The fourth-order valence-corrected chi connectivity index (χ4v) is 5.40. The van der Waals surface area contributed by atoms with Crippen molar-refractivity contribution >= 4 is 17.5 Å². The van der Waals surface area contributed by atoms with Crippen molar-refractivity contribution in [2.45, 2.75) is 65.1 Å². The fourth-order valence-electron chi connectivity index (χ4n) is 5.16. The van der Waals surface area contributed by atoms with Crippen molar-refractivity contribution in [1.82, 2.24) is 15.2 Å². The van der Waals surface area contributed by atoms with Gasteiger partial charge in [0, 0.05) is 35.0 Å². The van der Waals surface area contributed by atoms with Crippen LogP contribution < -0.4 is 20.3 Å². The number of hydrogen-bond acceptors (Lipinski definition) is 5. The Morgan fingerprint density at radius 1 is 1.15 bits per heavy atom. The Bertz CT molecular complexity index is 1140. The minimum absolute atomic E-state index is 0.0385. The van der Waals surface area contributed by atoms with Crippen LogP contribution in [0.3, 0.4) is 0 Å². The Labute approximate surface area is 205 Å². The van der Waals surface area contributed by atoms with Gasteiger partial charge in [0.2, 0.25) is 0 Å². The molecule has 2 aliphatic rings. The largest absolute Gasteiger partial charge is 0.485 e. The smallest absolute Gasteiger partial charge is 0.253 e. The highest BCUT2D eigenvalue weighted by Crippen LogP contribution is 2.45.